The quantitative estimate of drug-likeness (QED) is 0.671. The smallest absolute Gasteiger partial charge is 0.450 e. The second-order valence-corrected chi connectivity index (χ2v) is 5.63. The lowest BCUT2D eigenvalue weighted by Crippen LogP contribution is -2.15. The second kappa shape index (κ2) is 7.11. The third-order valence-electron chi connectivity index (χ3n) is 3.96. The normalized spacial score (nSPS) is 11.4. The molecule has 0 aliphatic heterocycles. The van der Waals surface area contributed by atoms with Gasteiger partial charge in [-0.2, -0.15) is 13.2 Å². The van der Waals surface area contributed by atoms with Gasteiger partial charge in [-0.1, -0.05) is 12.1 Å². The first kappa shape index (κ1) is 17.8. The van der Waals surface area contributed by atoms with Crippen molar-refractivity contribution >= 4 is 0 Å². The van der Waals surface area contributed by atoms with Crippen LogP contribution in [-0.4, -0.2) is 23.8 Å². The van der Waals surface area contributed by atoms with E-state index in [1.807, 2.05) is 12.1 Å². The molecule has 3 aromatic rings. The van der Waals surface area contributed by atoms with E-state index in [0.29, 0.717) is 29.3 Å². The molecule has 0 saturated heterocycles. The van der Waals surface area contributed by atoms with Crippen LogP contribution in [-0.2, 0) is 12.6 Å². The van der Waals surface area contributed by atoms with Gasteiger partial charge in [-0.15, -0.1) is 0 Å². The van der Waals surface area contributed by atoms with Crippen LogP contribution in [0.25, 0.3) is 5.69 Å². The van der Waals surface area contributed by atoms with E-state index in [0.717, 1.165) is 10.1 Å². The van der Waals surface area contributed by atoms with Crippen LogP contribution >= 0.6 is 0 Å². The van der Waals surface area contributed by atoms with Crippen molar-refractivity contribution in [2.75, 3.05) is 14.2 Å². The summed E-state index contributed by atoms with van der Waals surface area (Å²) in [6.07, 6.45) is -2.99. The molecule has 136 valence electrons. The van der Waals surface area contributed by atoms with Crippen molar-refractivity contribution in [1.82, 2.24) is 9.55 Å². The number of benzene rings is 2. The van der Waals surface area contributed by atoms with Crippen molar-refractivity contribution < 1.29 is 22.6 Å². The van der Waals surface area contributed by atoms with E-state index < -0.39 is 12.0 Å². The second-order valence-electron chi connectivity index (χ2n) is 5.63. The highest BCUT2D eigenvalue weighted by Crippen LogP contribution is 2.32. The molecule has 0 unspecified atom stereocenters. The highest BCUT2D eigenvalue weighted by molar-refractivity contribution is 5.41. The minimum absolute atomic E-state index is 0.305. The number of methoxy groups -OCH3 is 2. The maximum atomic E-state index is 13.4. The van der Waals surface area contributed by atoms with Crippen LogP contribution < -0.4 is 9.47 Å². The molecule has 0 fully saturated rings. The summed E-state index contributed by atoms with van der Waals surface area (Å²) in [5, 5.41) is 0. The number of aromatic nitrogens is 2. The Hall–Kier alpha value is -2.96. The summed E-state index contributed by atoms with van der Waals surface area (Å²) in [5.74, 6) is 0.304. The number of ether oxygens (including phenoxy) is 2. The van der Waals surface area contributed by atoms with Gasteiger partial charge in [0.2, 0.25) is 5.82 Å². The molecule has 1 aromatic heterocycles. The van der Waals surface area contributed by atoms with Gasteiger partial charge < -0.3 is 9.47 Å². The van der Waals surface area contributed by atoms with Gasteiger partial charge in [0.1, 0.15) is 11.5 Å². The Morgan fingerprint density at radius 2 is 1.42 bits per heavy atom. The molecular formula is C19H17F3N2O2. The number of nitrogens with zero attached hydrogens (tertiary/aromatic N) is 2. The first-order valence-corrected chi connectivity index (χ1v) is 7.83. The Morgan fingerprint density at radius 3 is 1.92 bits per heavy atom. The summed E-state index contributed by atoms with van der Waals surface area (Å²) in [6.45, 7) is 0. The molecule has 0 N–H and O–H groups in total. The summed E-state index contributed by atoms with van der Waals surface area (Å²) in [5.41, 5.74) is 1.67. The summed E-state index contributed by atoms with van der Waals surface area (Å²) in [4.78, 5) is 3.62. The van der Waals surface area contributed by atoms with Crippen molar-refractivity contribution in [3.63, 3.8) is 0 Å². The molecule has 1 heterocycles. The zero-order chi connectivity index (χ0) is 18.7. The molecule has 0 atom stereocenters. The fourth-order valence-electron chi connectivity index (χ4n) is 2.68. The van der Waals surface area contributed by atoms with Crippen molar-refractivity contribution in [2.45, 2.75) is 12.6 Å². The SMILES string of the molecule is COc1ccc(Cc2cnc(C(F)(F)F)n2-c2ccc(OC)cc2)cc1. The first-order valence-electron chi connectivity index (χ1n) is 7.83. The Labute approximate surface area is 148 Å². The average molecular weight is 362 g/mol. The third-order valence-corrected chi connectivity index (χ3v) is 3.96. The number of halogens is 3. The molecule has 0 aliphatic rings. The van der Waals surface area contributed by atoms with E-state index >= 15 is 0 Å². The molecule has 0 spiro atoms. The molecule has 0 saturated carbocycles. The molecule has 2 aromatic carbocycles. The van der Waals surface area contributed by atoms with Crippen LogP contribution in [0, 0.1) is 0 Å². The molecule has 7 heteroatoms. The van der Waals surface area contributed by atoms with Gasteiger partial charge in [-0.25, -0.2) is 4.98 Å². The summed E-state index contributed by atoms with van der Waals surface area (Å²) < 4.78 is 51.5. The first-order chi connectivity index (χ1) is 12.4. The minimum Gasteiger partial charge on any atom is -0.497 e. The summed E-state index contributed by atoms with van der Waals surface area (Å²) in [7, 11) is 3.06. The number of imidazole rings is 1. The Kier molecular flexibility index (Phi) is 4.88. The van der Waals surface area contributed by atoms with E-state index in [-0.39, 0.29) is 0 Å². The van der Waals surface area contributed by atoms with Crippen LogP contribution in [0.2, 0.25) is 0 Å². The number of rotatable bonds is 5. The monoisotopic (exact) mass is 362 g/mol. The largest absolute Gasteiger partial charge is 0.497 e. The van der Waals surface area contributed by atoms with E-state index in [1.54, 1.807) is 43.5 Å². The molecule has 3 rings (SSSR count). The van der Waals surface area contributed by atoms with Gasteiger partial charge in [0.05, 0.1) is 14.2 Å². The van der Waals surface area contributed by atoms with Crippen LogP contribution in [0.4, 0.5) is 13.2 Å². The maximum Gasteiger partial charge on any atom is 0.450 e. The molecule has 26 heavy (non-hydrogen) atoms. The van der Waals surface area contributed by atoms with Crippen LogP contribution in [0.15, 0.2) is 54.7 Å². The Bertz CT molecular complexity index is 869. The predicted molar refractivity (Wildman–Crippen MR) is 90.9 cm³/mol. The van der Waals surface area contributed by atoms with Crippen molar-refractivity contribution in [2.24, 2.45) is 0 Å². The van der Waals surface area contributed by atoms with Crippen LogP contribution in [0.1, 0.15) is 17.1 Å². The summed E-state index contributed by atoms with van der Waals surface area (Å²) in [6, 6.07) is 13.6. The van der Waals surface area contributed by atoms with Gasteiger partial charge in [0.15, 0.2) is 0 Å². The lowest BCUT2D eigenvalue weighted by atomic mass is 10.1. The third kappa shape index (κ3) is 3.66. The fourth-order valence-corrected chi connectivity index (χ4v) is 2.68. The number of alkyl halides is 3. The molecular weight excluding hydrogens is 345 g/mol. The van der Waals surface area contributed by atoms with E-state index in [1.165, 1.54) is 13.3 Å². The van der Waals surface area contributed by atoms with Crippen molar-refractivity contribution in [3.05, 3.63) is 71.8 Å². The highest BCUT2D eigenvalue weighted by Gasteiger charge is 2.37. The van der Waals surface area contributed by atoms with Gasteiger partial charge in [-0.05, 0) is 42.0 Å². The Morgan fingerprint density at radius 1 is 0.885 bits per heavy atom. The summed E-state index contributed by atoms with van der Waals surface area (Å²) >= 11 is 0. The van der Waals surface area contributed by atoms with Crippen LogP contribution in [0.5, 0.6) is 11.5 Å². The minimum atomic E-state index is -4.56. The topological polar surface area (TPSA) is 36.3 Å². The molecule has 4 nitrogen and oxygen atoms in total. The zero-order valence-electron chi connectivity index (χ0n) is 14.2. The average Bonchev–Trinajstić information content (AvgIpc) is 3.06. The molecule has 0 bridgehead atoms. The van der Waals surface area contributed by atoms with Crippen molar-refractivity contribution in [3.8, 4) is 17.2 Å². The van der Waals surface area contributed by atoms with Gasteiger partial charge in [0.25, 0.3) is 0 Å². The van der Waals surface area contributed by atoms with Crippen LogP contribution in [0.3, 0.4) is 0 Å². The van der Waals surface area contributed by atoms with Crippen molar-refractivity contribution in [1.29, 1.82) is 0 Å². The van der Waals surface area contributed by atoms with E-state index in [2.05, 4.69) is 4.98 Å². The number of hydrogen-bond acceptors (Lipinski definition) is 3. The highest BCUT2D eigenvalue weighted by atomic mass is 19.4. The molecule has 0 amide bonds. The van der Waals surface area contributed by atoms with E-state index in [4.69, 9.17) is 9.47 Å². The lowest BCUT2D eigenvalue weighted by Gasteiger charge is -2.14. The molecule has 0 aliphatic carbocycles. The van der Waals surface area contributed by atoms with Gasteiger partial charge >= 0.3 is 6.18 Å². The predicted octanol–water partition coefficient (Wildman–Crippen LogP) is 4.50. The number of hydrogen-bond donors (Lipinski definition) is 0. The zero-order valence-corrected chi connectivity index (χ0v) is 14.2. The van der Waals surface area contributed by atoms with E-state index in [9.17, 15) is 13.2 Å². The van der Waals surface area contributed by atoms with Gasteiger partial charge in [-0.3, -0.25) is 4.57 Å². The maximum absolute atomic E-state index is 13.4. The fraction of sp³-hybridized carbons (Fsp3) is 0.211. The molecule has 0 radical (unpaired) electrons. The standard InChI is InChI=1S/C19H17F3N2O2/c1-25-16-7-3-13(4-8-16)11-15-12-23-18(19(20,21)22)24(15)14-5-9-17(26-2)10-6-14/h3-10,12H,11H2,1-2H3. The Balaban J connectivity index is 2.02. The van der Waals surface area contributed by atoms with Gasteiger partial charge in [0, 0.05) is 24.0 Å². The lowest BCUT2D eigenvalue weighted by molar-refractivity contribution is -0.146.